The van der Waals surface area contributed by atoms with Gasteiger partial charge >= 0.3 is 0 Å². The van der Waals surface area contributed by atoms with Gasteiger partial charge in [0.05, 0.1) is 6.54 Å². The summed E-state index contributed by atoms with van der Waals surface area (Å²) < 4.78 is 12.9. The van der Waals surface area contributed by atoms with Crippen LogP contribution in [0.5, 0.6) is 0 Å². The van der Waals surface area contributed by atoms with Crippen molar-refractivity contribution in [2.45, 2.75) is 31.9 Å². The van der Waals surface area contributed by atoms with Crippen LogP contribution in [0.3, 0.4) is 0 Å². The third-order valence-corrected chi connectivity index (χ3v) is 4.98. The van der Waals surface area contributed by atoms with Crippen LogP contribution in [0.1, 0.15) is 24.1 Å². The van der Waals surface area contributed by atoms with E-state index in [1.54, 1.807) is 12.1 Å². The molecule has 1 saturated heterocycles. The summed E-state index contributed by atoms with van der Waals surface area (Å²) in [5, 5.41) is 6.86. The van der Waals surface area contributed by atoms with E-state index in [9.17, 15) is 9.18 Å². The van der Waals surface area contributed by atoms with Gasteiger partial charge in [-0.25, -0.2) is 9.37 Å². The van der Waals surface area contributed by atoms with Crippen LogP contribution in [0.15, 0.2) is 47.6 Å². The number of halogens is 1. The van der Waals surface area contributed by atoms with Crippen molar-refractivity contribution >= 4 is 17.4 Å². The van der Waals surface area contributed by atoms with E-state index in [1.165, 1.54) is 12.1 Å². The highest BCUT2D eigenvalue weighted by Gasteiger charge is 2.47. The van der Waals surface area contributed by atoms with Gasteiger partial charge in [-0.2, -0.15) is 0 Å². The van der Waals surface area contributed by atoms with E-state index in [-0.39, 0.29) is 11.7 Å². The number of aromatic nitrogens is 1. The second kappa shape index (κ2) is 6.98. The van der Waals surface area contributed by atoms with Crippen molar-refractivity contribution in [3.8, 4) is 0 Å². The Morgan fingerprint density at radius 2 is 2.11 bits per heavy atom. The Hall–Kier alpha value is -2.96. The number of benzene rings is 1. The number of hydrogen-bond acceptors (Lipinski definition) is 5. The summed E-state index contributed by atoms with van der Waals surface area (Å²) >= 11 is 0. The monoisotopic (exact) mass is 368 g/mol. The molecule has 0 unspecified atom stereocenters. The third kappa shape index (κ3) is 3.77. The fourth-order valence-corrected chi connectivity index (χ4v) is 3.49. The van der Waals surface area contributed by atoms with Crippen molar-refractivity contribution < 1.29 is 14.0 Å². The van der Waals surface area contributed by atoms with Gasteiger partial charge in [-0.3, -0.25) is 4.79 Å². The number of nitrogens with zero attached hydrogens (tertiary/aromatic N) is 3. The summed E-state index contributed by atoms with van der Waals surface area (Å²) in [5.74, 6) is 0.377. The van der Waals surface area contributed by atoms with Gasteiger partial charge in [0.25, 0.3) is 5.91 Å². The number of nitrogens with one attached hydrogen (secondary N) is 1. The van der Waals surface area contributed by atoms with E-state index >= 15 is 0 Å². The van der Waals surface area contributed by atoms with Gasteiger partial charge in [0.1, 0.15) is 17.3 Å². The van der Waals surface area contributed by atoms with Crippen molar-refractivity contribution in [2.75, 3.05) is 18.0 Å². The number of pyridine rings is 1. The lowest BCUT2D eigenvalue weighted by atomic mass is 9.96. The zero-order valence-electron chi connectivity index (χ0n) is 15.1. The number of carbonyl (C=O) groups excluding carboxylic acids is 1. The maximum Gasteiger partial charge on any atom is 0.269 e. The molecule has 6 nitrogen and oxygen atoms in total. The molecule has 140 valence electrons. The zero-order valence-corrected chi connectivity index (χ0v) is 15.1. The van der Waals surface area contributed by atoms with Crippen LogP contribution < -0.4 is 10.2 Å². The van der Waals surface area contributed by atoms with E-state index in [4.69, 9.17) is 4.84 Å². The summed E-state index contributed by atoms with van der Waals surface area (Å²) in [4.78, 5) is 24.8. The quantitative estimate of drug-likeness (QED) is 0.901. The van der Waals surface area contributed by atoms with Gasteiger partial charge in [0.2, 0.25) is 0 Å². The molecule has 0 saturated carbocycles. The minimum Gasteiger partial charge on any atom is -0.386 e. The van der Waals surface area contributed by atoms with Crippen LogP contribution in [0.4, 0.5) is 10.2 Å². The Kier molecular flexibility index (Phi) is 4.51. The highest BCUT2D eigenvalue weighted by atomic mass is 19.1. The van der Waals surface area contributed by atoms with Gasteiger partial charge in [-0.15, -0.1) is 0 Å². The van der Waals surface area contributed by atoms with E-state index in [2.05, 4.69) is 20.4 Å². The minimum absolute atomic E-state index is 0.247. The predicted octanol–water partition coefficient (Wildman–Crippen LogP) is 2.57. The number of amides is 1. The predicted molar refractivity (Wildman–Crippen MR) is 99.9 cm³/mol. The van der Waals surface area contributed by atoms with Crippen molar-refractivity contribution in [1.82, 2.24) is 10.3 Å². The van der Waals surface area contributed by atoms with Crippen LogP contribution in [-0.4, -0.2) is 35.3 Å². The molecule has 1 atom stereocenters. The first-order valence-electron chi connectivity index (χ1n) is 8.99. The Morgan fingerprint density at radius 1 is 1.30 bits per heavy atom. The molecule has 4 rings (SSSR count). The maximum absolute atomic E-state index is 12.9. The second-order valence-corrected chi connectivity index (χ2v) is 7.11. The Balaban J connectivity index is 1.34. The fraction of sp³-hybridized carbons (Fsp3) is 0.350. The Morgan fingerprint density at radius 3 is 2.89 bits per heavy atom. The lowest BCUT2D eigenvalue weighted by molar-refractivity contribution is -0.115. The van der Waals surface area contributed by atoms with Gasteiger partial charge in [0.15, 0.2) is 5.60 Å². The highest BCUT2D eigenvalue weighted by Crippen LogP contribution is 2.35. The third-order valence-electron chi connectivity index (χ3n) is 4.98. The molecule has 1 aromatic heterocycles. The summed E-state index contributed by atoms with van der Waals surface area (Å²) in [6.45, 7) is 3.76. The van der Waals surface area contributed by atoms with Crippen molar-refractivity contribution in [3.63, 3.8) is 0 Å². The smallest absolute Gasteiger partial charge is 0.269 e. The van der Waals surface area contributed by atoms with Crippen LogP contribution in [-0.2, 0) is 16.2 Å². The molecule has 2 aliphatic rings. The minimum atomic E-state index is -0.464. The molecule has 1 N–H and O–H groups in total. The summed E-state index contributed by atoms with van der Waals surface area (Å²) in [7, 11) is 0. The zero-order chi connectivity index (χ0) is 18.9. The van der Waals surface area contributed by atoms with Crippen LogP contribution in [0.2, 0.25) is 0 Å². The van der Waals surface area contributed by atoms with Crippen molar-refractivity contribution in [1.29, 1.82) is 0 Å². The second-order valence-electron chi connectivity index (χ2n) is 7.11. The molecule has 1 aromatic carbocycles. The van der Waals surface area contributed by atoms with Gasteiger partial charge in [0, 0.05) is 31.6 Å². The number of carbonyl (C=O) groups is 1. The molecular weight excluding hydrogens is 347 g/mol. The van der Waals surface area contributed by atoms with E-state index in [1.807, 2.05) is 25.1 Å². The van der Waals surface area contributed by atoms with Gasteiger partial charge in [-0.1, -0.05) is 23.4 Å². The van der Waals surface area contributed by atoms with Crippen LogP contribution >= 0.6 is 0 Å². The number of aryl methyl sites for hydroxylation is 1. The first-order chi connectivity index (χ1) is 13.0. The number of rotatable bonds is 4. The molecule has 27 heavy (non-hydrogen) atoms. The standard InChI is InChI=1S/C20H21FN4O2/c1-14-3-2-4-18(23-14)25-10-9-20(13-25)11-17(24-27-20)19(26)22-12-15-5-7-16(21)8-6-15/h2-8H,9-13H2,1H3,(H,22,26)/t20-/m1/s1. The molecule has 0 bridgehead atoms. The summed E-state index contributed by atoms with van der Waals surface area (Å²) in [5.41, 5.74) is 1.74. The van der Waals surface area contributed by atoms with Gasteiger partial charge in [-0.05, 0) is 36.8 Å². The number of hydrogen-bond donors (Lipinski definition) is 1. The Bertz CT molecular complexity index is 884. The molecule has 7 heteroatoms. The van der Waals surface area contributed by atoms with E-state index < -0.39 is 5.60 Å². The molecule has 0 radical (unpaired) electrons. The summed E-state index contributed by atoms with van der Waals surface area (Å²) in [6.07, 6.45) is 1.27. The highest BCUT2D eigenvalue weighted by molar-refractivity contribution is 6.39. The largest absolute Gasteiger partial charge is 0.386 e. The lowest BCUT2D eigenvalue weighted by Gasteiger charge is -2.22. The first kappa shape index (κ1) is 17.5. The Labute approximate surface area is 157 Å². The molecule has 1 spiro atoms. The molecule has 0 aliphatic carbocycles. The van der Waals surface area contributed by atoms with Crippen molar-refractivity contribution in [3.05, 3.63) is 59.5 Å². The number of oxime groups is 1. The van der Waals surface area contributed by atoms with Crippen molar-refractivity contribution in [2.24, 2.45) is 5.16 Å². The topological polar surface area (TPSA) is 66.8 Å². The first-order valence-corrected chi connectivity index (χ1v) is 8.99. The average molecular weight is 368 g/mol. The maximum atomic E-state index is 12.9. The van der Waals surface area contributed by atoms with E-state index in [0.717, 1.165) is 30.0 Å². The normalized spacial score (nSPS) is 21.3. The molecular formula is C20H21FN4O2. The molecule has 3 heterocycles. The van der Waals surface area contributed by atoms with Crippen LogP contribution in [0.25, 0.3) is 0 Å². The van der Waals surface area contributed by atoms with Crippen LogP contribution in [0, 0.1) is 12.7 Å². The van der Waals surface area contributed by atoms with E-state index in [0.29, 0.717) is 25.2 Å². The summed E-state index contributed by atoms with van der Waals surface area (Å²) in [6, 6.07) is 12.0. The molecule has 1 amide bonds. The SMILES string of the molecule is Cc1cccc(N2CC[C@@]3(CC(C(=O)NCc4ccc(F)cc4)=NO3)C2)n1. The number of anilines is 1. The average Bonchev–Trinajstić information content (AvgIpc) is 3.28. The lowest BCUT2D eigenvalue weighted by Crippen LogP contribution is -2.37. The molecule has 1 fully saturated rings. The molecule has 2 aliphatic heterocycles. The van der Waals surface area contributed by atoms with Gasteiger partial charge < -0.3 is 15.1 Å². The fourth-order valence-electron chi connectivity index (χ4n) is 3.49. The molecule has 2 aromatic rings.